The molecule has 0 unspecified atom stereocenters. The van der Waals surface area contributed by atoms with Gasteiger partial charge in [0.25, 0.3) is 0 Å². The third-order valence-electron chi connectivity index (χ3n) is 4.12. The van der Waals surface area contributed by atoms with E-state index < -0.39 is 0 Å². The van der Waals surface area contributed by atoms with Crippen LogP contribution in [0.3, 0.4) is 0 Å². The van der Waals surface area contributed by atoms with Crippen LogP contribution in [0.25, 0.3) is 11.3 Å². The van der Waals surface area contributed by atoms with E-state index in [0.29, 0.717) is 6.04 Å². The van der Waals surface area contributed by atoms with Gasteiger partial charge >= 0.3 is 0 Å². The van der Waals surface area contributed by atoms with Gasteiger partial charge in [0.05, 0.1) is 25.9 Å². The number of hydrogen-bond donors (Lipinski definition) is 0. The molecule has 3 heterocycles. The molecule has 0 atom stereocenters. The lowest BCUT2D eigenvalue weighted by molar-refractivity contribution is 0.0818. The van der Waals surface area contributed by atoms with Crippen molar-refractivity contribution in [1.82, 2.24) is 19.7 Å². The molecule has 1 aliphatic heterocycles. The number of nitrogens with zero attached hydrogens (tertiary/aromatic N) is 4. The number of benzene rings is 1. The Morgan fingerprint density at radius 2 is 2.09 bits per heavy atom. The highest BCUT2D eigenvalue weighted by molar-refractivity contribution is 5.57. The topological polar surface area (TPSA) is 56.3 Å². The van der Waals surface area contributed by atoms with Crippen LogP contribution in [-0.4, -0.2) is 39.9 Å². The number of aromatic nitrogens is 3. The van der Waals surface area contributed by atoms with Crippen LogP contribution in [0.4, 0.5) is 0 Å². The molecule has 1 saturated heterocycles. The molecule has 1 aromatic carbocycles. The van der Waals surface area contributed by atoms with Gasteiger partial charge in [-0.1, -0.05) is 0 Å². The van der Waals surface area contributed by atoms with Gasteiger partial charge in [-0.15, -0.1) is 0 Å². The SMILES string of the molecule is COc1ccc(-c2cnc(CN3CC(n4cccn4)C3)o2)cc1. The minimum Gasteiger partial charge on any atom is -0.497 e. The molecule has 0 N–H and O–H groups in total. The summed E-state index contributed by atoms with van der Waals surface area (Å²) in [6.07, 6.45) is 5.61. The van der Waals surface area contributed by atoms with Crippen molar-refractivity contribution in [2.45, 2.75) is 12.6 Å². The van der Waals surface area contributed by atoms with Crippen LogP contribution in [0.15, 0.2) is 53.3 Å². The first kappa shape index (κ1) is 14.0. The molecule has 1 fully saturated rings. The van der Waals surface area contributed by atoms with Crippen molar-refractivity contribution >= 4 is 0 Å². The van der Waals surface area contributed by atoms with Gasteiger partial charge in [-0.2, -0.15) is 5.10 Å². The van der Waals surface area contributed by atoms with E-state index in [9.17, 15) is 0 Å². The molecular formula is C17H18N4O2. The summed E-state index contributed by atoms with van der Waals surface area (Å²) in [6, 6.07) is 10.2. The number of likely N-dealkylation sites (tertiary alicyclic amines) is 1. The second-order valence-electron chi connectivity index (χ2n) is 5.68. The maximum atomic E-state index is 5.86. The van der Waals surface area contributed by atoms with Gasteiger partial charge in [-0.3, -0.25) is 9.58 Å². The first-order chi connectivity index (χ1) is 11.3. The zero-order valence-electron chi connectivity index (χ0n) is 12.9. The van der Waals surface area contributed by atoms with E-state index in [1.54, 1.807) is 13.3 Å². The second kappa shape index (κ2) is 5.89. The first-order valence-electron chi connectivity index (χ1n) is 7.62. The summed E-state index contributed by atoms with van der Waals surface area (Å²) < 4.78 is 13.0. The summed E-state index contributed by atoms with van der Waals surface area (Å²) >= 11 is 0. The molecule has 0 aliphatic carbocycles. The molecule has 3 aromatic rings. The van der Waals surface area contributed by atoms with E-state index in [2.05, 4.69) is 15.0 Å². The number of rotatable bonds is 5. The summed E-state index contributed by atoms with van der Waals surface area (Å²) in [5.74, 6) is 2.36. The highest BCUT2D eigenvalue weighted by Crippen LogP contribution is 2.26. The molecular weight excluding hydrogens is 292 g/mol. The average molecular weight is 310 g/mol. The monoisotopic (exact) mass is 310 g/mol. The van der Waals surface area contributed by atoms with Gasteiger partial charge in [-0.05, 0) is 30.3 Å². The highest BCUT2D eigenvalue weighted by Gasteiger charge is 2.29. The Kier molecular flexibility index (Phi) is 3.59. The van der Waals surface area contributed by atoms with Crippen molar-refractivity contribution in [2.75, 3.05) is 20.2 Å². The van der Waals surface area contributed by atoms with Crippen LogP contribution in [0, 0.1) is 0 Å². The molecule has 0 saturated carbocycles. The molecule has 4 rings (SSSR count). The third-order valence-corrected chi connectivity index (χ3v) is 4.12. The predicted octanol–water partition coefficient (Wildman–Crippen LogP) is 2.60. The fourth-order valence-electron chi connectivity index (χ4n) is 2.80. The normalized spacial score (nSPS) is 15.5. The average Bonchev–Trinajstić information content (AvgIpc) is 3.22. The van der Waals surface area contributed by atoms with Crippen molar-refractivity contribution < 1.29 is 9.15 Å². The Bertz CT molecular complexity index is 758. The Morgan fingerprint density at radius 1 is 1.26 bits per heavy atom. The Hall–Kier alpha value is -2.60. The molecule has 118 valence electrons. The summed E-state index contributed by atoms with van der Waals surface area (Å²) in [6.45, 7) is 2.68. The lowest BCUT2D eigenvalue weighted by atomic mass is 10.1. The zero-order chi connectivity index (χ0) is 15.6. The minimum atomic E-state index is 0.459. The lowest BCUT2D eigenvalue weighted by Gasteiger charge is -2.38. The molecule has 2 aromatic heterocycles. The van der Waals surface area contributed by atoms with E-state index in [0.717, 1.165) is 42.6 Å². The van der Waals surface area contributed by atoms with Crippen LogP contribution in [-0.2, 0) is 6.54 Å². The fraction of sp³-hybridized carbons (Fsp3) is 0.294. The first-order valence-corrected chi connectivity index (χ1v) is 7.62. The fourth-order valence-corrected chi connectivity index (χ4v) is 2.80. The summed E-state index contributed by atoms with van der Waals surface area (Å²) in [5.41, 5.74) is 1.00. The van der Waals surface area contributed by atoms with Crippen molar-refractivity contribution in [3.8, 4) is 17.1 Å². The maximum absolute atomic E-state index is 5.86. The molecule has 6 nitrogen and oxygen atoms in total. The van der Waals surface area contributed by atoms with Gasteiger partial charge in [0, 0.05) is 31.0 Å². The van der Waals surface area contributed by atoms with Crippen molar-refractivity contribution in [3.05, 3.63) is 54.8 Å². The van der Waals surface area contributed by atoms with Crippen LogP contribution >= 0.6 is 0 Å². The Morgan fingerprint density at radius 3 is 2.78 bits per heavy atom. The van der Waals surface area contributed by atoms with Crippen LogP contribution in [0.1, 0.15) is 11.9 Å². The van der Waals surface area contributed by atoms with E-state index >= 15 is 0 Å². The van der Waals surface area contributed by atoms with E-state index in [4.69, 9.17) is 9.15 Å². The Labute approximate surface area is 134 Å². The summed E-state index contributed by atoms with van der Waals surface area (Å²) in [7, 11) is 1.66. The van der Waals surface area contributed by atoms with Crippen LogP contribution in [0.5, 0.6) is 5.75 Å². The molecule has 0 amide bonds. The molecule has 23 heavy (non-hydrogen) atoms. The third kappa shape index (κ3) is 2.85. The zero-order valence-corrected chi connectivity index (χ0v) is 12.9. The van der Waals surface area contributed by atoms with E-state index in [1.165, 1.54) is 0 Å². The maximum Gasteiger partial charge on any atom is 0.209 e. The molecule has 0 radical (unpaired) electrons. The number of hydrogen-bond acceptors (Lipinski definition) is 5. The van der Waals surface area contributed by atoms with Gasteiger partial charge < -0.3 is 9.15 Å². The quantitative estimate of drug-likeness (QED) is 0.725. The van der Waals surface area contributed by atoms with Gasteiger partial charge in [0.1, 0.15) is 5.75 Å². The van der Waals surface area contributed by atoms with Crippen LogP contribution < -0.4 is 4.74 Å². The standard InChI is InChI=1S/C17H18N4O2/c1-22-15-5-3-13(4-6-15)16-9-18-17(23-16)12-20-10-14(11-20)21-8-2-7-19-21/h2-9,14H,10-12H2,1H3. The summed E-state index contributed by atoms with van der Waals surface area (Å²) in [5, 5.41) is 4.28. The molecule has 1 aliphatic rings. The number of ether oxygens (including phenoxy) is 1. The smallest absolute Gasteiger partial charge is 0.209 e. The van der Waals surface area contributed by atoms with Gasteiger partial charge in [0.15, 0.2) is 5.76 Å². The van der Waals surface area contributed by atoms with E-state index in [-0.39, 0.29) is 0 Å². The number of oxazole rings is 1. The molecule has 6 heteroatoms. The largest absolute Gasteiger partial charge is 0.497 e. The van der Waals surface area contributed by atoms with Crippen LogP contribution in [0.2, 0.25) is 0 Å². The van der Waals surface area contributed by atoms with E-state index in [1.807, 2.05) is 47.4 Å². The van der Waals surface area contributed by atoms with Gasteiger partial charge in [0.2, 0.25) is 5.89 Å². The second-order valence-corrected chi connectivity index (χ2v) is 5.68. The summed E-state index contributed by atoms with van der Waals surface area (Å²) in [4.78, 5) is 6.68. The predicted molar refractivity (Wildman–Crippen MR) is 85.0 cm³/mol. The Balaban J connectivity index is 1.37. The number of methoxy groups -OCH3 is 1. The lowest BCUT2D eigenvalue weighted by Crippen LogP contribution is -2.47. The minimum absolute atomic E-state index is 0.459. The van der Waals surface area contributed by atoms with Crippen molar-refractivity contribution in [2.24, 2.45) is 0 Å². The van der Waals surface area contributed by atoms with Crippen molar-refractivity contribution in [3.63, 3.8) is 0 Å². The highest BCUT2D eigenvalue weighted by atomic mass is 16.5. The molecule has 0 bridgehead atoms. The van der Waals surface area contributed by atoms with Gasteiger partial charge in [-0.25, -0.2) is 4.98 Å². The van der Waals surface area contributed by atoms with Crippen molar-refractivity contribution in [1.29, 1.82) is 0 Å². The molecule has 0 spiro atoms.